The average molecular weight is 353 g/mol. The molecule has 3 rings (SSSR count). The van der Waals surface area contributed by atoms with Gasteiger partial charge in [0, 0.05) is 5.56 Å². The lowest BCUT2D eigenvalue weighted by Gasteiger charge is -2.13. The van der Waals surface area contributed by atoms with Crippen LogP contribution in [0.2, 0.25) is 0 Å². The first-order chi connectivity index (χ1) is 11.9. The Balaban J connectivity index is 1.87. The van der Waals surface area contributed by atoms with Crippen LogP contribution in [-0.4, -0.2) is 16.1 Å². The summed E-state index contributed by atoms with van der Waals surface area (Å²) in [7, 11) is 0. The van der Waals surface area contributed by atoms with Gasteiger partial charge in [-0.15, -0.1) is 11.3 Å². The Morgan fingerprint density at radius 3 is 2.24 bits per heavy atom. The van der Waals surface area contributed by atoms with Crippen molar-refractivity contribution in [2.45, 2.75) is 27.7 Å². The van der Waals surface area contributed by atoms with E-state index in [2.05, 4.69) is 31.0 Å². The van der Waals surface area contributed by atoms with Gasteiger partial charge in [0.1, 0.15) is 21.4 Å². The number of rotatable bonds is 4. The summed E-state index contributed by atoms with van der Waals surface area (Å²) in [5.74, 6) is 0.685. The minimum absolute atomic E-state index is 0.279. The topological polar surface area (TPSA) is 59.4 Å². The fourth-order valence-electron chi connectivity index (χ4n) is 2.58. The van der Waals surface area contributed by atoms with E-state index in [0.29, 0.717) is 10.7 Å². The molecule has 4 nitrogen and oxygen atoms in total. The van der Waals surface area contributed by atoms with Gasteiger partial charge in [0.25, 0.3) is 0 Å². The number of aromatic carboxylic acids is 1. The van der Waals surface area contributed by atoms with Crippen LogP contribution in [-0.2, 0) is 0 Å². The third-order valence-electron chi connectivity index (χ3n) is 4.19. The maximum Gasteiger partial charge on any atom is 0.347 e. The Morgan fingerprint density at radius 2 is 1.64 bits per heavy atom. The van der Waals surface area contributed by atoms with E-state index in [9.17, 15) is 4.79 Å². The average Bonchev–Trinajstić information content (AvgIpc) is 2.98. The number of aromatic nitrogens is 1. The Morgan fingerprint density at radius 1 is 1.00 bits per heavy atom. The number of carboxylic acids is 1. The van der Waals surface area contributed by atoms with Gasteiger partial charge in [-0.25, -0.2) is 9.78 Å². The number of carboxylic acid groups (broad SMARTS) is 1. The van der Waals surface area contributed by atoms with Crippen LogP contribution in [0.3, 0.4) is 0 Å². The van der Waals surface area contributed by atoms with Gasteiger partial charge < -0.3 is 9.84 Å². The standard InChI is InChI=1S/C20H19NO3S/c1-11-5-6-12(2)17(13(11)3)24-16-9-7-15(8-10-16)19-21-14(4)18(25-19)20(22)23/h5-10H,1-4H3,(H,22,23). The zero-order valence-electron chi connectivity index (χ0n) is 14.6. The van der Waals surface area contributed by atoms with Crippen molar-refractivity contribution < 1.29 is 14.6 Å². The summed E-state index contributed by atoms with van der Waals surface area (Å²) in [4.78, 5) is 15.8. The molecule has 2 aromatic carbocycles. The summed E-state index contributed by atoms with van der Waals surface area (Å²) in [5, 5.41) is 9.86. The van der Waals surface area contributed by atoms with E-state index in [-0.39, 0.29) is 4.88 Å². The molecule has 0 aliphatic rings. The van der Waals surface area contributed by atoms with Crippen LogP contribution in [0, 0.1) is 27.7 Å². The van der Waals surface area contributed by atoms with Crippen molar-refractivity contribution in [1.29, 1.82) is 0 Å². The summed E-state index contributed by atoms with van der Waals surface area (Å²) in [6, 6.07) is 11.7. The van der Waals surface area contributed by atoms with Gasteiger partial charge in [-0.2, -0.15) is 0 Å². The van der Waals surface area contributed by atoms with Gasteiger partial charge in [-0.1, -0.05) is 12.1 Å². The van der Waals surface area contributed by atoms with E-state index in [1.54, 1.807) is 6.92 Å². The molecule has 25 heavy (non-hydrogen) atoms. The third-order valence-corrected chi connectivity index (χ3v) is 5.38. The zero-order chi connectivity index (χ0) is 18.1. The molecule has 1 heterocycles. The normalized spacial score (nSPS) is 10.7. The first-order valence-electron chi connectivity index (χ1n) is 7.92. The molecule has 0 unspecified atom stereocenters. The van der Waals surface area contributed by atoms with E-state index >= 15 is 0 Å². The predicted octanol–water partition coefficient (Wildman–Crippen LogP) is 5.53. The first-order valence-corrected chi connectivity index (χ1v) is 8.74. The molecule has 3 aromatic rings. The summed E-state index contributed by atoms with van der Waals surface area (Å²) in [5.41, 5.74) is 4.83. The second-order valence-electron chi connectivity index (χ2n) is 6.02. The molecule has 5 heteroatoms. The van der Waals surface area contributed by atoms with Crippen molar-refractivity contribution in [3.63, 3.8) is 0 Å². The maximum absolute atomic E-state index is 11.2. The molecule has 0 aliphatic heterocycles. The highest BCUT2D eigenvalue weighted by Gasteiger charge is 2.15. The largest absolute Gasteiger partial charge is 0.477 e. The van der Waals surface area contributed by atoms with Crippen molar-refractivity contribution in [3.05, 3.63) is 63.7 Å². The first kappa shape index (κ1) is 17.2. The van der Waals surface area contributed by atoms with E-state index < -0.39 is 5.97 Å². The highest BCUT2D eigenvalue weighted by molar-refractivity contribution is 7.17. The van der Waals surface area contributed by atoms with Crippen molar-refractivity contribution >= 4 is 17.3 Å². The SMILES string of the molecule is Cc1ccc(C)c(Oc2ccc(-c3nc(C)c(C(=O)O)s3)cc2)c1C. The molecule has 0 saturated heterocycles. The number of aryl methyl sites for hydroxylation is 3. The van der Waals surface area contributed by atoms with Crippen LogP contribution < -0.4 is 4.74 Å². The summed E-state index contributed by atoms with van der Waals surface area (Å²) >= 11 is 1.19. The number of benzene rings is 2. The minimum Gasteiger partial charge on any atom is -0.477 e. The monoisotopic (exact) mass is 353 g/mol. The van der Waals surface area contributed by atoms with Crippen molar-refractivity contribution in [2.75, 3.05) is 0 Å². The molecular formula is C20H19NO3S. The van der Waals surface area contributed by atoms with E-state index in [0.717, 1.165) is 28.2 Å². The minimum atomic E-state index is -0.938. The number of ether oxygens (including phenoxy) is 1. The molecule has 0 radical (unpaired) electrons. The van der Waals surface area contributed by atoms with Crippen molar-refractivity contribution in [1.82, 2.24) is 4.98 Å². The van der Waals surface area contributed by atoms with Gasteiger partial charge in [0.2, 0.25) is 0 Å². The van der Waals surface area contributed by atoms with Crippen LogP contribution >= 0.6 is 11.3 Å². The van der Waals surface area contributed by atoms with Crippen LogP contribution in [0.1, 0.15) is 32.1 Å². The molecule has 1 N–H and O–H groups in total. The highest BCUT2D eigenvalue weighted by atomic mass is 32.1. The molecule has 0 bridgehead atoms. The number of hydrogen-bond acceptors (Lipinski definition) is 4. The number of hydrogen-bond donors (Lipinski definition) is 1. The van der Waals surface area contributed by atoms with Crippen molar-refractivity contribution in [2.24, 2.45) is 0 Å². The fraction of sp³-hybridized carbons (Fsp3) is 0.200. The van der Waals surface area contributed by atoms with Gasteiger partial charge in [0.15, 0.2) is 0 Å². The highest BCUT2D eigenvalue weighted by Crippen LogP contribution is 2.33. The van der Waals surface area contributed by atoms with Crippen molar-refractivity contribution in [3.8, 4) is 22.1 Å². The molecule has 1 aromatic heterocycles. The molecule has 0 aliphatic carbocycles. The lowest BCUT2D eigenvalue weighted by Crippen LogP contribution is -1.94. The lowest BCUT2D eigenvalue weighted by molar-refractivity contribution is 0.0701. The molecule has 0 spiro atoms. The van der Waals surface area contributed by atoms with Gasteiger partial charge >= 0.3 is 5.97 Å². The van der Waals surface area contributed by atoms with E-state index in [1.807, 2.05) is 31.2 Å². The number of nitrogens with zero attached hydrogens (tertiary/aromatic N) is 1. The van der Waals surface area contributed by atoms with Crippen LogP contribution in [0.25, 0.3) is 10.6 Å². The number of thiazole rings is 1. The van der Waals surface area contributed by atoms with Gasteiger partial charge in [-0.05, 0) is 68.7 Å². The molecular weight excluding hydrogens is 334 g/mol. The quantitative estimate of drug-likeness (QED) is 0.669. The summed E-state index contributed by atoms with van der Waals surface area (Å²) in [6.45, 7) is 7.86. The van der Waals surface area contributed by atoms with Gasteiger partial charge in [0.05, 0.1) is 5.69 Å². The van der Waals surface area contributed by atoms with E-state index in [1.165, 1.54) is 16.9 Å². The zero-order valence-corrected chi connectivity index (χ0v) is 15.4. The lowest BCUT2D eigenvalue weighted by atomic mass is 10.1. The van der Waals surface area contributed by atoms with Crippen LogP contribution in [0.5, 0.6) is 11.5 Å². The second-order valence-corrected chi connectivity index (χ2v) is 7.02. The van der Waals surface area contributed by atoms with Gasteiger partial charge in [-0.3, -0.25) is 0 Å². The Labute approximate surface area is 150 Å². The van der Waals surface area contributed by atoms with Crippen LogP contribution in [0.15, 0.2) is 36.4 Å². The van der Waals surface area contributed by atoms with Crippen LogP contribution in [0.4, 0.5) is 0 Å². The molecule has 128 valence electrons. The molecule has 0 amide bonds. The molecule has 0 fully saturated rings. The third kappa shape index (κ3) is 3.42. The Bertz CT molecular complexity index is 942. The second kappa shape index (κ2) is 6.69. The fourth-order valence-corrected chi connectivity index (χ4v) is 3.49. The summed E-state index contributed by atoms with van der Waals surface area (Å²) < 4.78 is 6.07. The Hall–Kier alpha value is -2.66. The maximum atomic E-state index is 11.2. The predicted molar refractivity (Wildman–Crippen MR) is 100.0 cm³/mol. The smallest absolute Gasteiger partial charge is 0.347 e. The Kier molecular flexibility index (Phi) is 4.59. The van der Waals surface area contributed by atoms with E-state index in [4.69, 9.17) is 9.84 Å². The summed E-state index contributed by atoms with van der Waals surface area (Å²) in [6.07, 6.45) is 0. The molecule has 0 saturated carbocycles. The molecule has 0 atom stereocenters. The number of carbonyl (C=O) groups is 1.